The van der Waals surface area contributed by atoms with E-state index in [2.05, 4.69) is 15.2 Å². The molecule has 1 N–H and O–H groups in total. The van der Waals surface area contributed by atoms with Crippen molar-refractivity contribution in [1.82, 2.24) is 15.2 Å². The molecule has 0 amide bonds. The highest BCUT2D eigenvalue weighted by Gasteiger charge is 2.17. The lowest BCUT2D eigenvalue weighted by molar-refractivity contribution is 0.152. The van der Waals surface area contributed by atoms with Gasteiger partial charge in [0.05, 0.1) is 29.3 Å². The van der Waals surface area contributed by atoms with Gasteiger partial charge in [0, 0.05) is 22.0 Å². The molecular formula is C17H15F2N3O2S. The Bertz CT molecular complexity index is 882. The summed E-state index contributed by atoms with van der Waals surface area (Å²) >= 11 is 0. The lowest BCUT2D eigenvalue weighted by atomic mass is 10.2. The molecule has 0 radical (unpaired) electrons. The smallest absolute Gasteiger partial charge is 0.267 e. The second-order valence-corrected chi connectivity index (χ2v) is 6.65. The van der Waals surface area contributed by atoms with Crippen LogP contribution in [-0.4, -0.2) is 25.6 Å². The lowest BCUT2D eigenvalue weighted by Gasteiger charge is -2.08. The van der Waals surface area contributed by atoms with Crippen LogP contribution in [-0.2, 0) is 17.4 Å². The zero-order valence-electron chi connectivity index (χ0n) is 13.3. The summed E-state index contributed by atoms with van der Waals surface area (Å²) in [6.07, 6.45) is 1.55. The molecule has 0 saturated heterocycles. The molecule has 2 heterocycles. The van der Waals surface area contributed by atoms with E-state index in [9.17, 15) is 13.0 Å². The van der Waals surface area contributed by atoms with E-state index in [0.717, 1.165) is 16.7 Å². The number of aromatic nitrogens is 3. The van der Waals surface area contributed by atoms with Crippen LogP contribution in [0, 0.1) is 0 Å². The van der Waals surface area contributed by atoms with Crippen LogP contribution in [0.15, 0.2) is 53.7 Å². The van der Waals surface area contributed by atoms with Gasteiger partial charge in [-0.25, -0.2) is 8.78 Å². The normalized spacial score (nSPS) is 12.3. The Balaban J connectivity index is 1.70. The molecule has 0 aliphatic carbocycles. The molecular weight excluding hydrogens is 348 g/mol. The third kappa shape index (κ3) is 4.08. The monoisotopic (exact) mass is 363 g/mol. The first-order valence-electron chi connectivity index (χ1n) is 7.37. The van der Waals surface area contributed by atoms with Gasteiger partial charge in [-0.3, -0.25) is 14.3 Å². The van der Waals surface area contributed by atoms with Crippen molar-refractivity contribution in [3.05, 3.63) is 59.9 Å². The van der Waals surface area contributed by atoms with Crippen LogP contribution < -0.4 is 4.74 Å². The number of nitrogens with one attached hydrogen (secondary N) is 1. The molecule has 130 valence electrons. The van der Waals surface area contributed by atoms with Crippen LogP contribution in [0.3, 0.4) is 0 Å². The van der Waals surface area contributed by atoms with E-state index in [1.165, 1.54) is 6.20 Å². The topological polar surface area (TPSA) is 67.9 Å². The fraction of sp³-hybridized carbons (Fsp3) is 0.176. The summed E-state index contributed by atoms with van der Waals surface area (Å²) in [6, 6.07) is 10.5. The number of alkyl halides is 2. The van der Waals surface area contributed by atoms with Crippen LogP contribution in [0.1, 0.15) is 17.6 Å². The zero-order valence-corrected chi connectivity index (χ0v) is 14.1. The first-order valence-corrected chi connectivity index (χ1v) is 8.93. The molecule has 0 spiro atoms. The standard InChI is InChI=1S/C17H15F2N3O2S/c1-25(23)13-4-2-3-11(7-13)10-24-12-5-6-15(20-8-12)16-14(17(18)19)9-21-22-16/h2-9,17H,10H2,1H3,(H,21,22). The number of hydrogen-bond donors (Lipinski definition) is 1. The number of benzene rings is 1. The predicted molar refractivity (Wildman–Crippen MR) is 89.9 cm³/mol. The van der Waals surface area contributed by atoms with Crippen LogP contribution >= 0.6 is 0 Å². The van der Waals surface area contributed by atoms with E-state index in [1.54, 1.807) is 24.5 Å². The van der Waals surface area contributed by atoms with Crippen molar-refractivity contribution in [3.8, 4) is 17.1 Å². The third-order valence-corrected chi connectivity index (χ3v) is 4.45. The molecule has 8 heteroatoms. The number of aromatic amines is 1. The molecule has 0 aliphatic heterocycles. The summed E-state index contributed by atoms with van der Waals surface area (Å²) in [4.78, 5) is 4.87. The molecule has 0 aliphatic rings. The largest absolute Gasteiger partial charge is 0.487 e. The van der Waals surface area contributed by atoms with Gasteiger partial charge in [0.1, 0.15) is 12.4 Å². The molecule has 1 unspecified atom stereocenters. The van der Waals surface area contributed by atoms with Crippen molar-refractivity contribution in [1.29, 1.82) is 0 Å². The summed E-state index contributed by atoms with van der Waals surface area (Å²) in [5, 5.41) is 6.17. The summed E-state index contributed by atoms with van der Waals surface area (Å²) in [6.45, 7) is 0.290. The Labute approximate surface area is 145 Å². The molecule has 25 heavy (non-hydrogen) atoms. The molecule has 5 nitrogen and oxygen atoms in total. The van der Waals surface area contributed by atoms with Gasteiger partial charge in [0.2, 0.25) is 0 Å². The van der Waals surface area contributed by atoms with E-state index < -0.39 is 17.2 Å². The Kier molecular flexibility index (Phi) is 5.18. The number of ether oxygens (including phenoxy) is 1. The minimum Gasteiger partial charge on any atom is -0.487 e. The summed E-state index contributed by atoms with van der Waals surface area (Å²) in [5.41, 5.74) is 1.25. The minimum absolute atomic E-state index is 0.189. The van der Waals surface area contributed by atoms with Crippen LogP contribution in [0.5, 0.6) is 5.75 Å². The molecule has 1 aromatic carbocycles. The highest BCUT2D eigenvalue weighted by Crippen LogP contribution is 2.28. The van der Waals surface area contributed by atoms with Crippen LogP contribution in [0.4, 0.5) is 8.78 Å². The van der Waals surface area contributed by atoms with Crippen LogP contribution in [0.2, 0.25) is 0 Å². The van der Waals surface area contributed by atoms with Gasteiger partial charge in [-0.2, -0.15) is 5.10 Å². The minimum atomic E-state index is -2.62. The van der Waals surface area contributed by atoms with Gasteiger partial charge in [-0.15, -0.1) is 0 Å². The van der Waals surface area contributed by atoms with Crippen molar-refractivity contribution in [2.24, 2.45) is 0 Å². The molecule has 0 fully saturated rings. The van der Waals surface area contributed by atoms with Crippen molar-refractivity contribution >= 4 is 10.8 Å². The van der Waals surface area contributed by atoms with E-state index in [4.69, 9.17) is 4.74 Å². The number of hydrogen-bond acceptors (Lipinski definition) is 4. The predicted octanol–water partition coefficient (Wildman–Crippen LogP) is 3.73. The van der Waals surface area contributed by atoms with Crippen molar-refractivity contribution in [2.45, 2.75) is 17.9 Å². The summed E-state index contributed by atoms with van der Waals surface area (Å²) < 4.78 is 42.9. The Morgan fingerprint density at radius 3 is 2.76 bits per heavy atom. The number of rotatable bonds is 6. The van der Waals surface area contributed by atoms with E-state index in [1.807, 2.05) is 18.2 Å². The maximum atomic E-state index is 12.9. The first kappa shape index (κ1) is 17.2. The summed E-state index contributed by atoms with van der Waals surface area (Å²) in [7, 11) is -1.05. The fourth-order valence-electron chi connectivity index (χ4n) is 2.26. The number of pyridine rings is 1. The number of nitrogens with zero attached hydrogens (tertiary/aromatic N) is 2. The van der Waals surface area contributed by atoms with Gasteiger partial charge < -0.3 is 4.74 Å². The van der Waals surface area contributed by atoms with E-state index >= 15 is 0 Å². The average Bonchev–Trinajstić information content (AvgIpc) is 3.11. The van der Waals surface area contributed by atoms with Gasteiger partial charge in [-0.1, -0.05) is 12.1 Å². The third-order valence-electron chi connectivity index (χ3n) is 3.53. The van der Waals surface area contributed by atoms with Gasteiger partial charge in [-0.05, 0) is 29.8 Å². The Hall–Kier alpha value is -2.61. The molecule has 0 bridgehead atoms. The average molecular weight is 363 g/mol. The van der Waals surface area contributed by atoms with Crippen molar-refractivity contribution in [3.63, 3.8) is 0 Å². The molecule has 3 rings (SSSR count). The Morgan fingerprint density at radius 2 is 2.08 bits per heavy atom. The molecule has 3 aromatic rings. The molecule has 1 atom stereocenters. The fourth-order valence-corrected chi connectivity index (χ4v) is 2.85. The highest BCUT2D eigenvalue weighted by atomic mass is 32.2. The first-order chi connectivity index (χ1) is 12.0. The van der Waals surface area contributed by atoms with Crippen molar-refractivity contribution < 1.29 is 17.7 Å². The molecule has 2 aromatic heterocycles. The number of H-pyrrole nitrogens is 1. The quantitative estimate of drug-likeness (QED) is 0.725. The maximum Gasteiger partial charge on any atom is 0.267 e. The second kappa shape index (κ2) is 7.52. The van der Waals surface area contributed by atoms with Crippen LogP contribution in [0.25, 0.3) is 11.4 Å². The Morgan fingerprint density at radius 1 is 1.24 bits per heavy atom. The SMILES string of the molecule is CS(=O)c1cccc(COc2ccc(-c3[nH]ncc3C(F)F)nc2)c1. The maximum absolute atomic E-state index is 12.9. The number of halogens is 2. The van der Waals surface area contributed by atoms with Crippen molar-refractivity contribution in [2.75, 3.05) is 6.26 Å². The van der Waals surface area contributed by atoms with Gasteiger partial charge in [0.25, 0.3) is 6.43 Å². The summed E-state index contributed by atoms with van der Waals surface area (Å²) in [5.74, 6) is 0.505. The van der Waals surface area contributed by atoms with E-state index in [0.29, 0.717) is 18.1 Å². The van der Waals surface area contributed by atoms with Gasteiger partial charge >= 0.3 is 0 Å². The molecule has 0 saturated carbocycles. The highest BCUT2D eigenvalue weighted by molar-refractivity contribution is 7.84. The van der Waals surface area contributed by atoms with E-state index in [-0.39, 0.29) is 11.3 Å². The second-order valence-electron chi connectivity index (χ2n) is 5.27. The van der Waals surface area contributed by atoms with Gasteiger partial charge in [0.15, 0.2) is 0 Å². The zero-order chi connectivity index (χ0) is 17.8. The lowest BCUT2D eigenvalue weighted by Crippen LogP contribution is -1.98.